The van der Waals surface area contributed by atoms with Crippen LogP contribution in [0.1, 0.15) is 32.6 Å². The Morgan fingerprint density at radius 2 is 2.10 bits per heavy atom. The van der Waals surface area contributed by atoms with Gasteiger partial charge in [0.15, 0.2) is 0 Å². The van der Waals surface area contributed by atoms with Gasteiger partial charge in [-0.15, -0.1) is 0 Å². The molecule has 1 aromatic rings. The Hall–Kier alpha value is -1.55. The quantitative estimate of drug-likeness (QED) is 0.839. The third-order valence-electron chi connectivity index (χ3n) is 3.80. The van der Waals surface area contributed by atoms with Crippen LogP contribution in [-0.2, 0) is 4.79 Å². The highest BCUT2D eigenvalue weighted by Crippen LogP contribution is 2.32. The van der Waals surface area contributed by atoms with Crippen molar-refractivity contribution in [2.45, 2.75) is 32.6 Å². The van der Waals surface area contributed by atoms with Gasteiger partial charge in [0.2, 0.25) is 5.91 Å². The SMILES string of the molecule is CC1CCC(CC(=O)Nc2ccc(OCCN)cc2)C1. The molecule has 2 unspecified atom stereocenters. The number of rotatable bonds is 6. The zero-order chi connectivity index (χ0) is 14.4. The summed E-state index contributed by atoms with van der Waals surface area (Å²) in [6.45, 7) is 3.27. The van der Waals surface area contributed by atoms with E-state index < -0.39 is 0 Å². The summed E-state index contributed by atoms with van der Waals surface area (Å²) in [5, 5.41) is 2.95. The summed E-state index contributed by atoms with van der Waals surface area (Å²) in [5.74, 6) is 2.21. The van der Waals surface area contributed by atoms with Crippen molar-refractivity contribution >= 4 is 11.6 Å². The van der Waals surface area contributed by atoms with E-state index in [-0.39, 0.29) is 5.91 Å². The van der Waals surface area contributed by atoms with Crippen molar-refractivity contribution in [1.29, 1.82) is 0 Å². The van der Waals surface area contributed by atoms with Crippen LogP contribution in [0.15, 0.2) is 24.3 Å². The molecule has 4 nitrogen and oxygen atoms in total. The molecule has 1 aromatic carbocycles. The van der Waals surface area contributed by atoms with Crippen molar-refractivity contribution in [1.82, 2.24) is 0 Å². The molecule has 1 aliphatic rings. The Kier molecular flexibility index (Phi) is 5.41. The monoisotopic (exact) mass is 276 g/mol. The van der Waals surface area contributed by atoms with Gasteiger partial charge in [0.05, 0.1) is 0 Å². The molecule has 110 valence electrons. The molecule has 20 heavy (non-hydrogen) atoms. The van der Waals surface area contributed by atoms with Crippen LogP contribution in [0.5, 0.6) is 5.75 Å². The number of carbonyl (C=O) groups is 1. The number of nitrogens with two attached hydrogens (primary N) is 1. The van der Waals surface area contributed by atoms with E-state index in [0.29, 0.717) is 25.5 Å². The van der Waals surface area contributed by atoms with Crippen molar-refractivity contribution in [2.75, 3.05) is 18.5 Å². The molecule has 1 fully saturated rings. The molecule has 0 heterocycles. The minimum Gasteiger partial charge on any atom is -0.492 e. The molecule has 4 heteroatoms. The Labute approximate surface area is 120 Å². The van der Waals surface area contributed by atoms with Crippen LogP contribution >= 0.6 is 0 Å². The van der Waals surface area contributed by atoms with Crippen molar-refractivity contribution in [3.63, 3.8) is 0 Å². The lowest BCUT2D eigenvalue weighted by Gasteiger charge is -2.11. The van der Waals surface area contributed by atoms with Crippen molar-refractivity contribution in [3.05, 3.63) is 24.3 Å². The number of hydrogen-bond acceptors (Lipinski definition) is 3. The Morgan fingerprint density at radius 3 is 2.70 bits per heavy atom. The summed E-state index contributed by atoms with van der Waals surface area (Å²) in [6.07, 6.45) is 4.25. The van der Waals surface area contributed by atoms with E-state index >= 15 is 0 Å². The normalized spacial score (nSPS) is 21.7. The second-order valence-electron chi connectivity index (χ2n) is 5.70. The highest BCUT2D eigenvalue weighted by molar-refractivity contribution is 5.90. The molecule has 2 atom stereocenters. The first-order valence-corrected chi connectivity index (χ1v) is 7.40. The van der Waals surface area contributed by atoms with Crippen LogP contribution in [0.2, 0.25) is 0 Å². The average Bonchev–Trinajstić information content (AvgIpc) is 2.83. The average molecular weight is 276 g/mol. The van der Waals surface area contributed by atoms with E-state index in [0.717, 1.165) is 17.4 Å². The zero-order valence-electron chi connectivity index (χ0n) is 12.1. The third kappa shape index (κ3) is 4.53. The Balaban J connectivity index is 1.78. The number of carbonyl (C=O) groups excluding carboxylic acids is 1. The first kappa shape index (κ1) is 14.9. The summed E-state index contributed by atoms with van der Waals surface area (Å²) < 4.78 is 5.40. The number of anilines is 1. The molecule has 0 bridgehead atoms. The Bertz CT molecular complexity index is 431. The maximum atomic E-state index is 12.0. The molecule has 0 aromatic heterocycles. The van der Waals surface area contributed by atoms with E-state index in [1.807, 2.05) is 24.3 Å². The number of nitrogens with one attached hydrogen (secondary N) is 1. The van der Waals surface area contributed by atoms with Gasteiger partial charge in [0.1, 0.15) is 12.4 Å². The zero-order valence-corrected chi connectivity index (χ0v) is 12.1. The lowest BCUT2D eigenvalue weighted by Crippen LogP contribution is -2.15. The fraction of sp³-hybridized carbons (Fsp3) is 0.562. The van der Waals surface area contributed by atoms with Crippen LogP contribution in [0, 0.1) is 11.8 Å². The molecular weight excluding hydrogens is 252 g/mol. The summed E-state index contributed by atoms with van der Waals surface area (Å²) in [6, 6.07) is 7.42. The van der Waals surface area contributed by atoms with E-state index in [2.05, 4.69) is 12.2 Å². The van der Waals surface area contributed by atoms with Crippen LogP contribution in [0.3, 0.4) is 0 Å². The fourth-order valence-electron chi connectivity index (χ4n) is 2.80. The van der Waals surface area contributed by atoms with Crippen LogP contribution < -0.4 is 15.8 Å². The molecule has 3 N–H and O–H groups in total. The van der Waals surface area contributed by atoms with Crippen molar-refractivity contribution in [3.8, 4) is 5.75 Å². The van der Waals surface area contributed by atoms with Gasteiger partial charge in [-0.05, 0) is 48.9 Å². The Morgan fingerprint density at radius 1 is 1.35 bits per heavy atom. The summed E-state index contributed by atoms with van der Waals surface area (Å²) in [7, 11) is 0. The fourth-order valence-corrected chi connectivity index (χ4v) is 2.80. The summed E-state index contributed by atoms with van der Waals surface area (Å²) in [4.78, 5) is 12.0. The van der Waals surface area contributed by atoms with Crippen molar-refractivity contribution < 1.29 is 9.53 Å². The van der Waals surface area contributed by atoms with E-state index in [4.69, 9.17) is 10.5 Å². The molecule has 1 aliphatic carbocycles. The van der Waals surface area contributed by atoms with Gasteiger partial charge < -0.3 is 15.8 Å². The highest BCUT2D eigenvalue weighted by atomic mass is 16.5. The predicted molar refractivity (Wildman–Crippen MR) is 80.7 cm³/mol. The summed E-state index contributed by atoms with van der Waals surface area (Å²) >= 11 is 0. The smallest absolute Gasteiger partial charge is 0.224 e. The molecule has 2 rings (SSSR count). The maximum absolute atomic E-state index is 12.0. The van der Waals surface area contributed by atoms with Crippen LogP contribution in [0.25, 0.3) is 0 Å². The number of amides is 1. The first-order valence-electron chi connectivity index (χ1n) is 7.40. The van der Waals surface area contributed by atoms with Crippen molar-refractivity contribution in [2.24, 2.45) is 17.6 Å². The lowest BCUT2D eigenvalue weighted by atomic mass is 10.0. The second-order valence-corrected chi connectivity index (χ2v) is 5.70. The predicted octanol–water partition coefficient (Wildman–Crippen LogP) is 2.79. The first-order chi connectivity index (χ1) is 9.67. The minimum atomic E-state index is 0.111. The van der Waals surface area contributed by atoms with E-state index in [1.54, 1.807) is 0 Å². The number of hydrogen-bond donors (Lipinski definition) is 2. The number of ether oxygens (including phenoxy) is 1. The standard InChI is InChI=1S/C16H24N2O2/c1-12-2-3-13(10-12)11-16(19)18-14-4-6-15(7-5-14)20-9-8-17/h4-7,12-13H,2-3,8-11,17H2,1H3,(H,18,19). The van der Waals surface area contributed by atoms with E-state index in [9.17, 15) is 4.79 Å². The van der Waals surface area contributed by atoms with Gasteiger partial charge in [0.25, 0.3) is 0 Å². The van der Waals surface area contributed by atoms with Gasteiger partial charge >= 0.3 is 0 Å². The molecule has 0 spiro atoms. The largest absolute Gasteiger partial charge is 0.492 e. The molecule has 0 saturated heterocycles. The highest BCUT2D eigenvalue weighted by Gasteiger charge is 2.23. The van der Waals surface area contributed by atoms with E-state index in [1.165, 1.54) is 19.3 Å². The topological polar surface area (TPSA) is 64.3 Å². The molecular formula is C16H24N2O2. The van der Waals surface area contributed by atoms with Gasteiger partial charge in [-0.25, -0.2) is 0 Å². The van der Waals surface area contributed by atoms with Crippen LogP contribution in [0.4, 0.5) is 5.69 Å². The van der Waals surface area contributed by atoms with Gasteiger partial charge in [-0.2, -0.15) is 0 Å². The van der Waals surface area contributed by atoms with Gasteiger partial charge in [-0.1, -0.05) is 13.3 Å². The maximum Gasteiger partial charge on any atom is 0.224 e. The van der Waals surface area contributed by atoms with Gasteiger partial charge in [-0.3, -0.25) is 4.79 Å². The third-order valence-corrected chi connectivity index (χ3v) is 3.80. The molecule has 0 radical (unpaired) electrons. The summed E-state index contributed by atoms with van der Waals surface area (Å²) in [5.41, 5.74) is 6.20. The minimum absolute atomic E-state index is 0.111. The molecule has 0 aliphatic heterocycles. The van der Waals surface area contributed by atoms with Gasteiger partial charge in [0, 0.05) is 18.7 Å². The second kappa shape index (κ2) is 7.29. The van der Waals surface area contributed by atoms with Crippen LogP contribution in [-0.4, -0.2) is 19.1 Å². The number of benzene rings is 1. The molecule has 1 saturated carbocycles. The lowest BCUT2D eigenvalue weighted by molar-refractivity contribution is -0.117. The molecule has 1 amide bonds.